The molecule has 0 radical (unpaired) electrons. The van der Waals surface area contributed by atoms with Crippen molar-refractivity contribution < 1.29 is 33.3 Å². The standard InChI is InChI=1S/C20H18O7/c1-23-15-7-4-12(8-17(15)24-2)9-18-20(22)14-6-5-13(10-16(14)27-18)26-11-19(21)25-3/h4-10H,11H2,1-3H3/b18-9-. The molecule has 1 heterocycles. The Bertz CT molecular complexity index is 915. The van der Waals surface area contributed by atoms with E-state index in [-0.39, 0.29) is 18.1 Å². The van der Waals surface area contributed by atoms with Crippen molar-refractivity contribution in [2.24, 2.45) is 0 Å². The zero-order valence-electron chi connectivity index (χ0n) is 15.1. The van der Waals surface area contributed by atoms with Gasteiger partial charge in [0, 0.05) is 6.07 Å². The zero-order valence-corrected chi connectivity index (χ0v) is 15.1. The second kappa shape index (κ2) is 7.82. The molecule has 0 amide bonds. The van der Waals surface area contributed by atoms with E-state index in [0.29, 0.717) is 28.6 Å². The Morgan fingerprint density at radius 2 is 1.81 bits per heavy atom. The summed E-state index contributed by atoms with van der Waals surface area (Å²) in [6, 6.07) is 10.0. The quantitative estimate of drug-likeness (QED) is 0.571. The highest BCUT2D eigenvalue weighted by Crippen LogP contribution is 2.35. The normalized spacial score (nSPS) is 13.7. The van der Waals surface area contributed by atoms with E-state index >= 15 is 0 Å². The lowest BCUT2D eigenvalue weighted by Gasteiger charge is -2.08. The molecule has 140 valence electrons. The Kier molecular flexibility index (Phi) is 5.30. The highest BCUT2D eigenvalue weighted by Gasteiger charge is 2.28. The van der Waals surface area contributed by atoms with Gasteiger partial charge in [0.05, 0.1) is 26.9 Å². The molecular weight excluding hydrogens is 352 g/mol. The fourth-order valence-corrected chi connectivity index (χ4v) is 2.55. The van der Waals surface area contributed by atoms with Crippen LogP contribution in [0, 0.1) is 0 Å². The summed E-state index contributed by atoms with van der Waals surface area (Å²) in [5, 5.41) is 0. The van der Waals surface area contributed by atoms with Gasteiger partial charge in [-0.15, -0.1) is 0 Å². The number of carbonyl (C=O) groups is 2. The van der Waals surface area contributed by atoms with Crippen LogP contribution in [0.3, 0.4) is 0 Å². The Morgan fingerprint density at radius 3 is 2.52 bits per heavy atom. The highest BCUT2D eigenvalue weighted by molar-refractivity contribution is 6.14. The molecule has 0 fully saturated rings. The summed E-state index contributed by atoms with van der Waals surface area (Å²) in [5.74, 6) is 1.36. The third-order valence-electron chi connectivity index (χ3n) is 3.93. The maximum absolute atomic E-state index is 12.5. The number of hydrogen-bond donors (Lipinski definition) is 0. The Morgan fingerprint density at radius 1 is 1.04 bits per heavy atom. The number of ketones is 1. The molecule has 7 nitrogen and oxygen atoms in total. The number of carbonyl (C=O) groups excluding carboxylic acids is 2. The molecular formula is C20H18O7. The molecule has 1 aliphatic rings. The fourth-order valence-electron chi connectivity index (χ4n) is 2.55. The van der Waals surface area contributed by atoms with Crippen molar-refractivity contribution >= 4 is 17.8 Å². The molecule has 0 bridgehead atoms. The van der Waals surface area contributed by atoms with Gasteiger partial charge in [-0.3, -0.25) is 4.79 Å². The van der Waals surface area contributed by atoms with Crippen molar-refractivity contribution in [2.75, 3.05) is 27.9 Å². The molecule has 1 aliphatic heterocycles. The monoisotopic (exact) mass is 370 g/mol. The average Bonchev–Trinajstić information content (AvgIpc) is 3.00. The SMILES string of the molecule is COC(=O)COc1ccc2c(c1)O/C(=C\c1ccc(OC)c(OC)c1)C2=O. The van der Waals surface area contributed by atoms with Crippen LogP contribution in [-0.4, -0.2) is 39.7 Å². The lowest BCUT2D eigenvalue weighted by molar-refractivity contribution is -0.142. The van der Waals surface area contributed by atoms with Gasteiger partial charge in [-0.2, -0.15) is 0 Å². The zero-order chi connectivity index (χ0) is 19.4. The number of fused-ring (bicyclic) bond motifs is 1. The van der Waals surface area contributed by atoms with Gasteiger partial charge in [-0.1, -0.05) is 6.07 Å². The van der Waals surface area contributed by atoms with Crippen LogP contribution < -0.4 is 18.9 Å². The van der Waals surface area contributed by atoms with Crippen LogP contribution in [0.4, 0.5) is 0 Å². The minimum absolute atomic E-state index is 0.183. The smallest absolute Gasteiger partial charge is 0.343 e. The molecule has 2 aromatic rings. The van der Waals surface area contributed by atoms with Crippen LogP contribution in [0.2, 0.25) is 0 Å². The molecule has 2 aromatic carbocycles. The summed E-state index contributed by atoms with van der Waals surface area (Å²) in [5.41, 5.74) is 1.15. The summed E-state index contributed by atoms with van der Waals surface area (Å²) in [6.45, 7) is -0.225. The van der Waals surface area contributed by atoms with Gasteiger partial charge in [-0.05, 0) is 35.9 Å². The first-order valence-electron chi connectivity index (χ1n) is 8.05. The summed E-state index contributed by atoms with van der Waals surface area (Å²) in [6.07, 6.45) is 1.62. The Balaban J connectivity index is 1.81. The van der Waals surface area contributed by atoms with Crippen LogP contribution in [0.15, 0.2) is 42.2 Å². The van der Waals surface area contributed by atoms with E-state index in [4.69, 9.17) is 18.9 Å². The van der Waals surface area contributed by atoms with Crippen LogP contribution >= 0.6 is 0 Å². The number of benzene rings is 2. The van der Waals surface area contributed by atoms with Crippen LogP contribution in [-0.2, 0) is 9.53 Å². The first-order chi connectivity index (χ1) is 13.0. The molecule has 0 unspecified atom stereocenters. The van der Waals surface area contributed by atoms with Crippen molar-refractivity contribution in [3.8, 4) is 23.0 Å². The molecule has 0 aliphatic carbocycles. The minimum Gasteiger partial charge on any atom is -0.493 e. The van der Waals surface area contributed by atoms with Gasteiger partial charge in [0.25, 0.3) is 0 Å². The van der Waals surface area contributed by atoms with Crippen molar-refractivity contribution in [1.29, 1.82) is 0 Å². The van der Waals surface area contributed by atoms with Crippen LogP contribution in [0.25, 0.3) is 6.08 Å². The topological polar surface area (TPSA) is 80.3 Å². The maximum atomic E-state index is 12.5. The van der Waals surface area contributed by atoms with Gasteiger partial charge in [0.2, 0.25) is 5.78 Å². The number of rotatable bonds is 6. The van der Waals surface area contributed by atoms with E-state index in [1.54, 1.807) is 49.6 Å². The Labute approximate surface area is 156 Å². The molecule has 0 saturated carbocycles. The first kappa shape index (κ1) is 18.3. The molecule has 0 saturated heterocycles. The molecule has 0 N–H and O–H groups in total. The van der Waals surface area contributed by atoms with E-state index in [1.807, 2.05) is 0 Å². The minimum atomic E-state index is -0.499. The molecule has 7 heteroatoms. The fraction of sp³-hybridized carbons (Fsp3) is 0.200. The summed E-state index contributed by atoms with van der Waals surface area (Å²) in [4.78, 5) is 23.7. The lowest BCUT2D eigenvalue weighted by Crippen LogP contribution is -2.12. The molecule has 3 rings (SSSR count). The van der Waals surface area contributed by atoms with Gasteiger partial charge < -0.3 is 23.7 Å². The number of Topliss-reactive ketones (excluding diaryl/α,β-unsaturated/α-hetero) is 1. The average molecular weight is 370 g/mol. The van der Waals surface area contributed by atoms with Gasteiger partial charge in [0.15, 0.2) is 23.9 Å². The third-order valence-corrected chi connectivity index (χ3v) is 3.93. The van der Waals surface area contributed by atoms with E-state index < -0.39 is 5.97 Å². The van der Waals surface area contributed by atoms with Crippen LogP contribution in [0.5, 0.6) is 23.0 Å². The van der Waals surface area contributed by atoms with Crippen molar-refractivity contribution in [1.82, 2.24) is 0 Å². The first-order valence-corrected chi connectivity index (χ1v) is 8.05. The largest absolute Gasteiger partial charge is 0.493 e. The summed E-state index contributed by atoms with van der Waals surface area (Å²) in [7, 11) is 4.37. The number of esters is 1. The second-order valence-corrected chi connectivity index (χ2v) is 5.58. The second-order valence-electron chi connectivity index (χ2n) is 5.58. The lowest BCUT2D eigenvalue weighted by atomic mass is 10.1. The molecule has 0 spiro atoms. The summed E-state index contributed by atoms with van der Waals surface area (Å²) < 4.78 is 26.0. The molecule has 0 atom stereocenters. The third kappa shape index (κ3) is 3.87. The number of ether oxygens (including phenoxy) is 5. The van der Waals surface area contributed by atoms with Crippen LogP contribution in [0.1, 0.15) is 15.9 Å². The van der Waals surface area contributed by atoms with E-state index in [2.05, 4.69) is 4.74 Å². The predicted octanol–water partition coefficient (Wildman–Crippen LogP) is 2.87. The molecule has 0 aromatic heterocycles. The van der Waals surface area contributed by atoms with Crippen molar-refractivity contribution in [2.45, 2.75) is 0 Å². The summed E-state index contributed by atoms with van der Waals surface area (Å²) >= 11 is 0. The van der Waals surface area contributed by atoms with Gasteiger partial charge in [-0.25, -0.2) is 4.79 Å². The highest BCUT2D eigenvalue weighted by atomic mass is 16.6. The van der Waals surface area contributed by atoms with Crippen molar-refractivity contribution in [3.05, 3.63) is 53.3 Å². The van der Waals surface area contributed by atoms with E-state index in [1.165, 1.54) is 14.2 Å². The Hall–Kier alpha value is -3.48. The van der Waals surface area contributed by atoms with E-state index in [9.17, 15) is 9.59 Å². The maximum Gasteiger partial charge on any atom is 0.343 e. The predicted molar refractivity (Wildman–Crippen MR) is 96.4 cm³/mol. The number of hydrogen-bond acceptors (Lipinski definition) is 7. The number of allylic oxidation sites excluding steroid dienone is 1. The van der Waals surface area contributed by atoms with Gasteiger partial charge in [0.1, 0.15) is 11.5 Å². The van der Waals surface area contributed by atoms with Crippen molar-refractivity contribution in [3.63, 3.8) is 0 Å². The molecule has 27 heavy (non-hydrogen) atoms. The van der Waals surface area contributed by atoms with Gasteiger partial charge >= 0.3 is 5.97 Å². The number of methoxy groups -OCH3 is 3. The van der Waals surface area contributed by atoms with E-state index in [0.717, 1.165) is 5.56 Å².